The second kappa shape index (κ2) is 3.58. The number of fused-ring (bicyclic) bond motifs is 1. The third kappa shape index (κ3) is 1.62. The second-order valence-electron chi connectivity index (χ2n) is 4.75. The minimum absolute atomic E-state index is 0.777. The summed E-state index contributed by atoms with van der Waals surface area (Å²) in [5.41, 5.74) is 6.26. The molecule has 0 aliphatic heterocycles. The Balaban J connectivity index is 1.59. The average molecular weight is 182 g/mol. The van der Waals surface area contributed by atoms with Crippen molar-refractivity contribution in [3.63, 3.8) is 0 Å². The van der Waals surface area contributed by atoms with Crippen molar-refractivity contribution in [3.05, 3.63) is 0 Å². The summed E-state index contributed by atoms with van der Waals surface area (Å²) in [4.78, 5) is 0. The van der Waals surface area contributed by atoms with Crippen molar-refractivity contribution in [1.82, 2.24) is 5.32 Å². The fraction of sp³-hybridized carbons (Fsp3) is 1.00. The van der Waals surface area contributed by atoms with Gasteiger partial charge >= 0.3 is 0 Å². The van der Waals surface area contributed by atoms with E-state index in [9.17, 15) is 0 Å². The van der Waals surface area contributed by atoms with Crippen LogP contribution in [-0.4, -0.2) is 19.6 Å². The molecule has 3 unspecified atom stereocenters. The van der Waals surface area contributed by atoms with Crippen LogP contribution in [0.15, 0.2) is 0 Å². The van der Waals surface area contributed by atoms with Crippen LogP contribution in [0.3, 0.4) is 0 Å². The zero-order chi connectivity index (χ0) is 9.31. The van der Waals surface area contributed by atoms with Crippen LogP contribution >= 0.6 is 0 Å². The Morgan fingerprint density at radius 1 is 1.54 bits per heavy atom. The molecule has 2 aliphatic carbocycles. The van der Waals surface area contributed by atoms with Gasteiger partial charge in [-0.25, -0.2) is 0 Å². The second-order valence-corrected chi connectivity index (χ2v) is 4.75. The maximum absolute atomic E-state index is 5.43. The first-order chi connectivity index (χ1) is 6.35. The van der Waals surface area contributed by atoms with Crippen molar-refractivity contribution < 1.29 is 0 Å². The minimum atomic E-state index is 0.777. The highest BCUT2D eigenvalue weighted by Crippen LogP contribution is 2.81. The smallest absolute Gasteiger partial charge is 0.00746 e. The fourth-order valence-corrected chi connectivity index (χ4v) is 2.84. The lowest BCUT2D eigenvalue weighted by atomic mass is 9.99. The molecule has 2 saturated carbocycles. The number of nitrogens with one attached hydrogen (secondary N) is 1. The van der Waals surface area contributed by atoms with Gasteiger partial charge < -0.3 is 11.1 Å². The van der Waals surface area contributed by atoms with Crippen LogP contribution in [0, 0.1) is 17.3 Å². The van der Waals surface area contributed by atoms with Crippen molar-refractivity contribution >= 4 is 0 Å². The monoisotopic (exact) mass is 182 g/mol. The van der Waals surface area contributed by atoms with Crippen LogP contribution in [0.4, 0.5) is 0 Å². The standard InChI is InChI=1S/C11H22N2/c1-2-3-4-11-7-9(11)10(11)8-13-6-5-12/h9-10,13H,2-8,12H2,1H3. The molecule has 2 aliphatic rings. The maximum Gasteiger partial charge on any atom is 0.00746 e. The lowest BCUT2D eigenvalue weighted by Gasteiger charge is -2.11. The molecular weight excluding hydrogens is 160 g/mol. The summed E-state index contributed by atoms with van der Waals surface area (Å²) in [6, 6.07) is 0. The Morgan fingerprint density at radius 2 is 2.38 bits per heavy atom. The lowest BCUT2D eigenvalue weighted by molar-refractivity contribution is 0.423. The molecule has 2 rings (SSSR count). The largest absolute Gasteiger partial charge is 0.329 e. The summed E-state index contributed by atoms with van der Waals surface area (Å²) in [5, 5.41) is 3.43. The summed E-state index contributed by atoms with van der Waals surface area (Å²) in [6.07, 6.45) is 5.81. The van der Waals surface area contributed by atoms with E-state index >= 15 is 0 Å². The van der Waals surface area contributed by atoms with Crippen molar-refractivity contribution in [2.45, 2.75) is 32.6 Å². The van der Waals surface area contributed by atoms with Gasteiger partial charge in [0.05, 0.1) is 0 Å². The van der Waals surface area contributed by atoms with Crippen LogP contribution in [0.25, 0.3) is 0 Å². The van der Waals surface area contributed by atoms with Crippen molar-refractivity contribution in [2.24, 2.45) is 23.0 Å². The molecule has 0 heterocycles. The predicted molar refractivity (Wildman–Crippen MR) is 55.5 cm³/mol. The molecule has 13 heavy (non-hydrogen) atoms. The topological polar surface area (TPSA) is 38.0 Å². The van der Waals surface area contributed by atoms with E-state index in [0.717, 1.165) is 30.3 Å². The van der Waals surface area contributed by atoms with Crippen LogP contribution < -0.4 is 11.1 Å². The van der Waals surface area contributed by atoms with E-state index in [1.807, 2.05) is 0 Å². The zero-order valence-electron chi connectivity index (χ0n) is 8.68. The van der Waals surface area contributed by atoms with Gasteiger partial charge in [-0.2, -0.15) is 0 Å². The molecule has 0 bridgehead atoms. The highest BCUT2D eigenvalue weighted by atomic mass is 14.9. The van der Waals surface area contributed by atoms with Crippen molar-refractivity contribution in [3.8, 4) is 0 Å². The van der Waals surface area contributed by atoms with Crippen LogP contribution in [-0.2, 0) is 0 Å². The summed E-state index contributed by atoms with van der Waals surface area (Å²) in [6.45, 7) is 5.29. The Hall–Kier alpha value is -0.0800. The van der Waals surface area contributed by atoms with E-state index in [2.05, 4.69) is 12.2 Å². The van der Waals surface area contributed by atoms with Gasteiger partial charge in [0.15, 0.2) is 0 Å². The molecule has 2 fully saturated rings. The number of hydrogen-bond donors (Lipinski definition) is 2. The molecule has 2 heteroatoms. The van der Waals surface area contributed by atoms with E-state index in [1.54, 1.807) is 0 Å². The highest BCUT2D eigenvalue weighted by Gasteiger charge is 2.76. The van der Waals surface area contributed by atoms with Gasteiger partial charge in [0.25, 0.3) is 0 Å². The Labute approximate surface area is 81.3 Å². The van der Waals surface area contributed by atoms with Gasteiger partial charge in [0.2, 0.25) is 0 Å². The summed E-state index contributed by atoms with van der Waals surface area (Å²) < 4.78 is 0. The SMILES string of the molecule is CCCCC12CC1C2CNCCN. The third-order valence-electron chi connectivity index (χ3n) is 3.97. The molecule has 0 saturated heterocycles. The van der Waals surface area contributed by atoms with E-state index in [1.165, 1.54) is 32.2 Å². The van der Waals surface area contributed by atoms with E-state index in [-0.39, 0.29) is 0 Å². The average Bonchev–Trinajstić information content (AvgIpc) is 2.97. The maximum atomic E-state index is 5.43. The molecular formula is C11H22N2. The number of rotatable bonds is 7. The number of unbranched alkanes of at least 4 members (excludes halogenated alkanes) is 1. The summed E-state index contributed by atoms with van der Waals surface area (Å²) in [7, 11) is 0. The molecule has 0 radical (unpaired) electrons. The molecule has 0 aromatic rings. The lowest BCUT2D eigenvalue weighted by Crippen LogP contribution is -2.27. The number of hydrogen-bond acceptors (Lipinski definition) is 2. The predicted octanol–water partition coefficient (Wildman–Crippen LogP) is 1.36. The Morgan fingerprint density at radius 3 is 3.00 bits per heavy atom. The fourth-order valence-electron chi connectivity index (χ4n) is 2.84. The number of nitrogens with two attached hydrogens (primary N) is 1. The Kier molecular flexibility index (Phi) is 2.61. The van der Waals surface area contributed by atoms with Gasteiger partial charge in [-0.1, -0.05) is 19.8 Å². The Bertz CT molecular complexity index is 181. The van der Waals surface area contributed by atoms with Crippen molar-refractivity contribution in [2.75, 3.05) is 19.6 Å². The van der Waals surface area contributed by atoms with Gasteiger partial charge in [0.1, 0.15) is 0 Å². The summed E-state index contributed by atoms with van der Waals surface area (Å²) >= 11 is 0. The first kappa shape index (κ1) is 9.47. The first-order valence-electron chi connectivity index (χ1n) is 5.76. The van der Waals surface area contributed by atoms with Gasteiger partial charge in [0, 0.05) is 13.1 Å². The molecule has 76 valence electrons. The van der Waals surface area contributed by atoms with Gasteiger partial charge in [-0.3, -0.25) is 0 Å². The molecule has 2 nitrogen and oxygen atoms in total. The summed E-state index contributed by atoms with van der Waals surface area (Å²) in [5.74, 6) is 2.12. The first-order valence-corrected chi connectivity index (χ1v) is 5.76. The zero-order valence-corrected chi connectivity index (χ0v) is 8.68. The highest BCUT2D eigenvalue weighted by molar-refractivity contribution is 5.25. The van der Waals surface area contributed by atoms with Crippen LogP contribution in [0.1, 0.15) is 32.6 Å². The van der Waals surface area contributed by atoms with Crippen LogP contribution in [0.5, 0.6) is 0 Å². The molecule has 3 N–H and O–H groups in total. The molecule has 0 spiro atoms. The van der Waals surface area contributed by atoms with E-state index in [0.29, 0.717) is 0 Å². The van der Waals surface area contributed by atoms with Crippen molar-refractivity contribution in [1.29, 1.82) is 0 Å². The normalized spacial score (nSPS) is 40.2. The van der Waals surface area contributed by atoms with Gasteiger partial charge in [-0.15, -0.1) is 0 Å². The van der Waals surface area contributed by atoms with Gasteiger partial charge in [-0.05, 0) is 36.6 Å². The minimum Gasteiger partial charge on any atom is -0.329 e. The molecule has 0 aromatic heterocycles. The molecule has 0 aromatic carbocycles. The molecule has 0 amide bonds. The van der Waals surface area contributed by atoms with E-state index in [4.69, 9.17) is 5.73 Å². The third-order valence-corrected chi connectivity index (χ3v) is 3.97. The molecule has 3 atom stereocenters. The quantitative estimate of drug-likeness (QED) is 0.583. The van der Waals surface area contributed by atoms with Crippen LogP contribution in [0.2, 0.25) is 0 Å². The van der Waals surface area contributed by atoms with E-state index < -0.39 is 0 Å².